The summed E-state index contributed by atoms with van der Waals surface area (Å²) >= 11 is 0. The maximum Gasteiger partial charge on any atom is 0.389 e. The number of hydrogen-bond acceptors (Lipinski definition) is 2. The molecular formula is C18H29F3N2O2. The largest absolute Gasteiger partial charge is 0.476 e. The molecule has 0 radical (unpaired) electrons. The summed E-state index contributed by atoms with van der Waals surface area (Å²) < 4.78 is 37.8. The number of hydrogen-bond donors (Lipinski definition) is 1. The Bertz CT molecular complexity index is 545. The van der Waals surface area contributed by atoms with E-state index in [0.29, 0.717) is 6.42 Å². The Hall–Kier alpha value is -1.53. The quantitative estimate of drug-likeness (QED) is 0.554. The summed E-state index contributed by atoms with van der Waals surface area (Å²) in [4.78, 5) is 11.1. The van der Waals surface area contributed by atoms with E-state index in [9.17, 15) is 18.0 Å². The molecule has 7 heteroatoms. The lowest BCUT2D eigenvalue weighted by Gasteiger charge is -2.22. The van der Waals surface area contributed by atoms with Crippen molar-refractivity contribution in [2.75, 3.05) is 0 Å². The number of aromatic carboxylic acids is 1. The molecule has 1 heterocycles. The zero-order chi connectivity index (χ0) is 19.1. The van der Waals surface area contributed by atoms with Gasteiger partial charge in [-0.1, -0.05) is 32.1 Å². The van der Waals surface area contributed by atoms with Crippen LogP contribution in [0, 0.1) is 0 Å². The van der Waals surface area contributed by atoms with Gasteiger partial charge in [0.25, 0.3) is 0 Å². The van der Waals surface area contributed by atoms with Crippen LogP contribution in [0.5, 0.6) is 0 Å². The fraction of sp³-hybridized carbons (Fsp3) is 0.778. The predicted octanol–water partition coefficient (Wildman–Crippen LogP) is 5.56. The van der Waals surface area contributed by atoms with Crippen LogP contribution in [-0.4, -0.2) is 27.0 Å². The maximum atomic E-state index is 12.0. The highest BCUT2D eigenvalue weighted by Crippen LogP contribution is 2.23. The molecular weight excluding hydrogens is 333 g/mol. The summed E-state index contributed by atoms with van der Waals surface area (Å²) in [5.41, 5.74) is 0.700. The van der Waals surface area contributed by atoms with E-state index < -0.39 is 18.6 Å². The number of nitrogens with zero attached hydrogens (tertiary/aromatic N) is 2. The van der Waals surface area contributed by atoms with Gasteiger partial charge in [-0.05, 0) is 46.1 Å². The average Bonchev–Trinajstić information content (AvgIpc) is 2.89. The second-order valence-electron chi connectivity index (χ2n) is 7.50. The molecule has 0 saturated heterocycles. The van der Waals surface area contributed by atoms with E-state index in [-0.39, 0.29) is 17.7 Å². The summed E-state index contributed by atoms with van der Waals surface area (Å²) in [6.45, 7) is 5.95. The summed E-state index contributed by atoms with van der Waals surface area (Å²) in [5, 5.41) is 13.3. The highest BCUT2D eigenvalue weighted by molar-refractivity contribution is 5.85. The van der Waals surface area contributed by atoms with E-state index in [2.05, 4.69) is 5.10 Å². The lowest BCUT2D eigenvalue weighted by atomic mass is 10.0. The number of aryl methyl sites for hydroxylation is 1. The van der Waals surface area contributed by atoms with Crippen molar-refractivity contribution in [2.24, 2.45) is 0 Å². The fourth-order valence-electron chi connectivity index (χ4n) is 2.80. The standard InChI is InChI=1S/C18H29F3N2O2/c1-17(2,3)23-14(13-15(22-23)16(24)25)11-9-7-5-4-6-8-10-12-18(19,20)21/h13H,4-12H2,1-3H3,(H,24,25). The third-order valence-electron chi connectivity index (χ3n) is 4.03. The first-order valence-electron chi connectivity index (χ1n) is 8.90. The van der Waals surface area contributed by atoms with Crippen LogP contribution in [0.15, 0.2) is 6.07 Å². The first kappa shape index (κ1) is 21.5. The predicted molar refractivity (Wildman–Crippen MR) is 90.9 cm³/mol. The summed E-state index contributed by atoms with van der Waals surface area (Å²) in [5.74, 6) is -1.02. The van der Waals surface area contributed by atoms with Crippen LogP contribution in [0.2, 0.25) is 0 Å². The van der Waals surface area contributed by atoms with Gasteiger partial charge in [0.15, 0.2) is 5.69 Å². The van der Waals surface area contributed by atoms with Gasteiger partial charge in [0.1, 0.15) is 0 Å². The van der Waals surface area contributed by atoms with Crippen LogP contribution in [0.4, 0.5) is 13.2 Å². The number of rotatable bonds is 10. The van der Waals surface area contributed by atoms with E-state index >= 15 is 0 Å². The van der Waals surface area contributed by atoms with Gasteiger partial charge in [0, 0.05) is 12.1 Å². The number of carbonyl (C=O) groups is 1. The summed E-state index contributed by atoms with van der Waals surface area (Å²) in [7, 11) is 0. The van der Waals surface area contributed by atoms with E-state index in [1.54, 1.807) is 10.7 Å². The monoisotopic (exact) mass is 362 g/mol. The van der Waals surface area contributed by atoms with Gasteiger partial charge in [-0.3, -0.25) is 4.68 Å². The Kier molecular flexibility index (Phi) is 7.96. The molecule has 0 bridgehead atoms. The van der Waals surface area contributed by atoms with Crippen molar-refractivity contribution in [3.63, 3.8) is 0 Å². The van der Waals surface area contributed by atoms with Gasteiger partial charge in [-0.2, -0.15) is 18.3 Å². The lowest BCUT2D eigenvalue weighted by molar-refractivity contribution is -0.135. The Balaban J connectivity index is 2.29. The minimum absolute atomic E-state index is 0.0644. The van der Waals surface area contributed by atoms with Crippen molar-refractivity contribution in [1.82, 2.24) is 9.78 Å². The van der Waals surface area contributed by atoms with Crippen LogP contribution in [0.3, 0.4) is 0 Å². The van der Waals surface area contributed by atoms with Crippen molar-refractivity contribution in [3.8, 4) is 0 Å². The van der Waals surface area contributed by atoms with Gasteiger partial charge >= 0.3 is 12.1 Å². The second kappa shape index (κ2) is 9.25. The molecule has 144 valence electrons. The number of carboxylic acid groups (broad SMARTS) is 1. The molecule has 1 aromatic rings. The first-order valence-corrected chi connectivity index (χ1v) is 8.90. The van der Waals surface area contributed by atoms with Gasteiger partial charge in [-0.15, -0.1) is 0 Å². The molecule has 0 atom stereocenters. The van der Waals surface area contributed by atoms with Gasteiger partial charge < -0.3 is 5.11 Å². The Labute approximate surface area is 147 Å². The Morgan fingerprint density at radius 2 is 1.56 bits per heavy atom. The van der Waals surface area contributed by atoms with Crippen molar-refractivity contribution >= 4 is 5.97 Å². The molecule has 0 aliphatic heterocycles. The van der Waals surface area contributed by atoms with E-state index in [1.165, 1.54) is 0 Å². The average molecular weight is 362 g/mol. The third kappa shape index (κ3) is 8.40. The van der Waals surface area contributed by atoms with Crippen molar-refractivity contribution in [2.45, 2.75) is 90.3 Å². The summed E-state index contributed by atoms with van der Waals surface area (Å²) in [6, 6.07) is 1.63. The Morgan fingerprint density at radius 1 is 1.04 bits per heavy atom. The minimum Gasteiger partial charge on any atom is -0.476 e. The molecule has 0 unspecified atom stereocenters. The normalized spacial score (nSPS) is 12.6. The first-order chi connectivity index (χ1) is 11.5. The molecule has 0 aliphatic carbocycles. The molecule has 0 fully saturated rings. The molecule has 0 aromatic carbocycles. The second-order valence-corrected chi connectivity index (χ2v) is 7.50. The molecule has 0 aliphatic rings. The fourth-order valence-corrected chi connectivity index (χ4v) is 2.80. The SMILES string of the molecule is CC(C)(C)n1nc(C(=O)O)cc1CCCCCCCCCC(F)(F)F. The molecule has 0 amide bonds. The van der Waals surface area contributed by atoms with Crippen molar-refractivity contribution in [3.05, 3.63) is 17.5 Å². The van der Waals surface area contributed by atoms with Crippen LogP contribution in [0.25, 0.3) is 0 Å². The molecule has 4 nitrogen and oxygen atoms in total. The number of alkyl halides is 3. The highest BCUT2D eigenvalue weighted by Gasteiger charge is 2.25. The number of aromatic nitrogens is 2. The smallest absolute Gasteiger partial charge is 0.389 e. The Morgan fingerprint density at radius 3 is 2.04 bits per heavy atom. The van der Waals surface area contributed by atoms with Crippen LogP contribution in [0.1, 0.15) is 88.3 Å². The molecule has 1 aromatic heterocycles. The van der Waals surface area contributed by atoms with E-state index in [4.69, 9.17) is 5.11 Å². The maximum absolute atomic E-state index is 12.0. The van der Waals surface area contributed by atoms with Gasteiger partial charge in [0.2, 0.25) is 0 Å². The van der Waals surface area contributed by atoms with E-state index in [0.717, 1.165) is 44.2 Å². The summed E-state index contributed by atoms with van der Waals surface area (Å²) in [6.07, 6.45) is 1.54. The topological polar surface area (TPSA) is 55.1 Å². The van der Waals surface area contributed by atoms with Crippen LogP contribution >= 0.6 is 0 Å². The number of unbranched alkanes of at least 4 members (excludes halogenated alkanes) is 6. The van der Waals surface area contributed by atoms with Crippen LogP contribution in [-0.2, 0) is 12.0 Å². The van der Waals surface area contributed by atoms with Crippen molar-refractivity contribution < 1.29 is 23.1 Å². The highest BCUT2D eigenvalue weighted by atomic mass is 19.4. The molecule has 25 heavy (non-hydrogen) atoms. The zero-order valence-corrected chi connectivity index (χ0v) is 15.3. The third-order valence-corrected chi connectivity index (χ3v) is 4.03. The number of carboxylic acids is 1. The van der Waals surface area contributed by atoms with Crippen molar-refractivity contribution in [1.29, 1.82) is 0 Å². The lowest BCUT2D eigenvalue weighted by Crippen LogP contribution is -2.25. The van der Waals surface area contributed by atoms with Gasteiger partial charge in [0.05, 0.1) is 5.54 Å². The molecule has 0 saturated carbocycles. The molecule has 1 N–H and O–H groups in total. The molecule has 0 spiro atoms. The van der Waals surface area contributed by atoms with Crippen LogP contribution < -0.4 is 0 Å². The van der Waals surface area contributed by atoms with E-state index in [1.807, 2.05) is 20.8 Å². The zero-order valence-electron chi connectivity index (χ0n) is 15.3. The molecule has 1 rings (SSSR count). The number of halogens is 3. The minimum atomic E-state index is -4.04. The van der Waals surface area contributed by atoms with Gasteiger partial charge in [-0.25, -0.2) is 4.79 Å².